The molecule has 4 nitrogen and oxygen atoms in total. The summed E-state index contributed by atoms with van der Waals surface area (Å²) in [4.78, 5) is 0. The number of alkyl halides is 2. The third-order valence-corrected chi connectivity index (χ3v) is 1.79. The van der Waals surface area contributed by atoms with E-state index in [1.54, 1.807) is 0 Å². The summed E-state index contributed by atoms with van der Waals surface area (Å²) in [6, 6.07) is 0. The van der Waals surface area contributed by atoms with Gasteiger partial charge in [0, 0.05) is 0 Å². The van der Waals surface area contributed by atoms with Crippen LogP contribution in [-0.4, -0.2) is 52.8 Å². The third kappa shape index (κ3) is 1.56. The van der Waals surface area contributed by atoms with Gasteiger partial charge in [-0.2, -0.15) is 0 Å². The van der Waals surface area contributed by atoms with Crippen molar-refractivity contribution in [2.24, 2.45) is 0 Å². The molecule has 12 heavy (non-hydrogen) atoms. The highest BCUT2D eigenvalue weighted by molar-refractivity contribution is 4.88. The number of halogens is 2. The molecule has 0 radical (unpaired) electrons. The van der Waals surface area contributed by atoms with Crippen molar-refractivity contribution in [2.75, 3.05) is 6.61 Å². The van der Waals surface area contributed by atoms with Crippen molar-refractivity contribution in [1.29, 1.82) is 0 Å². The van der Waals surface area contributed by atoms with Crippen LogP contribution in [0, 0.1) is 0 Å². The van der Waals surface area contributed by atoms with Crippen LogP contribution in [0.5, 0.6) is 0 Å². The minimum Gasteiger partial charge on any atom is -0.394 e. The second-order valence-electron chi connectivity index (χ2n) is 2.63. The van der Waals surface area contributed by atoms with Crippen molar-refractivity contribution >= 4 is 0 Å². The molecule has 0 amide bonds. The summed E-state index contributed by atoms with van der Waals surface area (Å²) in [6.07, 6.45) is -9.24. The molecule has 72 valence electrons. The van der Waals surface area contributed by atoms with Gasteiger partial charge in [0.15, 0.2) is 6.17 Å². The number of ether oxygens (including phenoxy) is 1. The smallest absolute Gasteiger partial charge is 0.233 e. The van der Waals surface area contributed by atoms with Crippen molar-refractivity contribution in [3.05, 3.63) is 0 Å². The average Bonchev–Trinajstić information content (AvgIpc) is 2.08. The lowest BCUT2D eigenvalue weighted by molar-refractivity contribution is -0.246. The van der Waals surface area contributed by atoms with Crippen molar-refractivity contribution in [1.82, 2.24) is 0 Å². The minimum absolute atomic E-state index is 0.661. The summed E-state index contributed by atoms with van der Waals surface area (Å²) < 4.78 is 29.2. The second-order valence-corrected chi connectivity index (χ2v) is 2.63. The van der Waals surface area contributed by atoms with Crippen molar-refractivity contribution < 1.29 is 28.8 Å². The van der Waals surface area contributed by atoms with Crippen LogP contribution in [0.15, 0.2) is 0 Å². The molecule has 1 aliphatic rings. The van der Waals surface area contributed by atoms with Gasteiger partial charge < -0.3 is 20.1 Å². The highest BCUT2D eigenvalue weighted by Gasteiger charge is 2.44. The molecule has 0 aliphatic carbocycles. The summed E-state index contributed by atoms with van der Waals surface area (Å²) in [7, 11) is 0. The maximum absolute atomic E-state index is 12.5. The lowest BCUT2D eigenvalue weighted by atomic mass is 10.0. The van der Waals surface area contributed by atoms with Gasteiger partial charge in [0.05, 0.1) is 6.61 Å². The van der Waals surface area contributed by atoms with Crippen LogP contribution in [0.25, 0.3) is 0 Å². The Morgan fingerprint density at radius 1 is 1.17 bits per heavy atom. The van der Waals surface area contributed by atoms with Crippen LogP contribution in [0.2, 0.25) is 0 Å². The van der Waals surface area contributed by atoms with Crippen LogP contribution < -0.4 is 0 Å². The van der Waals surface area contributed by atoms with E-state index in [0.717, 1.165) is 0 Å². The molecule has 1 aliphatic heterocycles. The zero-order valence-electron chi connectivity index (χ0n) is 6.10. The molecule has 0 aromatic heterocycles. The molecule has 5 atom stereocenters. The van der Waals surface area contributed by atoms with Gasteiger partial charge in [-0.25, -0.2) is 8.78 Å². The van der Waals surface area contributed by atoms with E-state index in [-0.39, 0.29) is 0 Å². The molecule has 3 N–H and O–H groups in total. The predicted octanol–water partition coefficient (Wildman–Crippen LogP) is -1.27. The molecular formula is C6H10F2O4. The molecule has 0 aromatic rings. The van der Waals surface area contributed by atoms with Crippen molar-refractivity contribution in [3.63, 3.8) is 0 Å². The number of aliphatic hydroxyl groups excluding tert-OH is 3. The highest BCUT2D eigenvalue weighted by Crippen LogP contribution is 2.23. The Bertz CT molecular complexity index is 152. The van der Waals surface area contributed by atoms with Gasteiger partial charge in [0.1, 0.15) is 18.3 Å². The summed E-state index contributed by atoms with van der Waals surface area (Å²) in [5.41, 5.74) is 0. The molecule has 0 saturated carbocycles. The number of aliphatic hydroxyl groups is 3. The fraction of sp³-hybridized carbons (Fsp3) is 1.00. The van der Waals surface area contributed by atoms with E-state index in [9.17, 15) is 8.78 Å². The van der Waals surface area contributed by atoms with Crippen LogP contribution in [0.1, 0.15) is 0 Å². The molecule has 1 unspecified atom stereocenters. The summed E-state index contributed by atoms with van der Waals surface area (Å²) in [5.74, 6) is 0. The van der Waals surface area contributed by atoms with Gasteiger partial charge in [0.25, 0.3) is 0 Å². The van der Waals surface area contributed by atoms with E-state index in [4.69, 9.17) is 15.3 Å². The van der Waals surface area contributed by atoms with Gasteiger partial charge in [-0.15, -0.1) is 0 Å². The molecule has 1 rings (SSSR count). The van der Waals surface area contributed by atoms with E-state index in [2.05, 4.69) is 4.74 Å². The van der Waals surface area contributed by atoms with Crippen LogP contribution in [-0.2, 0) is 4.74 Å². The molecule has 1 fully saturated rings. The van der Waals surface area contributed by atoms with Crippen LogP contribution in [0.3, 0.4) is 0 Å². The lowest BCUT2D eigenvalue weighted by Crippen LogP contribution is -2.55. The van der Waals surface area contributed by atoms with Crippen LogP contribution in [0.4, 0.5) is 8.78 Å². The molecule has 0 bridgehead atoms. The second kappa shape index (κ2) is 3.61. The Morgan fingerprint density at radius 2 is 1.75 bits per heavy atom. The number of rotatable bonds is 1. The Balaban J connectivity index is 2.63. The minimum atomic E-state index is -2.29. The predicted molar refractivity (Wildman–Crippen MR) is 33.8 cm³/mol. The Labute approximate surface area is 67.4 Å². The largest absolute Gasteiger partial charge is 0.394 e. The van der Waals surface area contributed by atoms with Gasteiger partial charge in [-0.3, -0.25) is 0 Å². The highest BCUT2D eigenvalue weighted by atomic mass is 19.2. The topological polar surface area (TPSA) is 69.9 Å². The van der Waals surface area contributed by atoms with E-state index in [1.807, 2.05) is 0 Å². The first-order chi connectivity index (χ1) is 5.57. The average molecular weight is 184 g/mol. The normalized spacial score (nSPS) is 49.2. The first-order valence-electron chi connectivity index (χ1n) is 3.48. The van der Waals surface area contributed by atoms with E-state index >= 15 is 0 Å². The Hall–Kier alpha value is -0.300. The Kier molecular flexibility index (Phi) is 2.94. The molecule has 1 heterocycles. The zero-order valence-corrected chi connectivity index (χ0v) is 6.10. The van der Waals surface area contributed by atoms with Gasteiger partial charge in [0.2, 0.25) is 6.36 Å². The monoisotopic (exact) mass is 184 g/mol. The standard InChI is InChI=1S/C6H10F2O4/c7-3-5(11)4(10)2(1-9)12-6(3)8/h2-6,9-11H,1H2/t2-,3-,4-,5-,6?/m1/s1. The summed E-state index contributed by atoms with van der Waals surface area (Å²) in [6.45, 7) is -0.661. The molecular weight excluding hydrogens is 174 g/mol. The Morgan fingerprint density at radius 3 is 2.25 bits per heavy atom. The number of hydrogen-bond donors (Lipinski definition) is 3. The maximum Gasteiger partial charge on any atom is 0.233 e. The lowest BCUT2D eigenvalue weighted by Gasteiger charge is -2.35. The summed E-state index contributed by atoms with van der Waals surface area (Å²) in [5, 5.41) is 26.3. The fourth-order valence-electron chi connectivity index (χ4n) is 1.04. The quantitative estimate of drug-likeness (QED) is 0.475. The SMILES string of the molecule is OC[C@H]1OC(F)[C@H](F)[C@@H](O)[C@@H]1O. The number of hydrogen-bond acceptors (Lipinski definition) is 4. The molecule has 0 aromatic carbocycles. The fourth-order valence-corrected chi connectivity index (χ4v) is 1.04. The van der Waals surface area contributed by atoms with Gasteiger partial charge in [-0.1, -0.05) is 0 Å². The van der Waals surface area contributed by atoms with Gasteiger partial charge >= 0.3 is 0 Å². The third-order valence-electron chi connectivity index (χ3n) is 1.79. The van der Waals surface area contributed by atoms with Gasteiger partial charge in [-0.05, 0) is 0 Å². The van der Waals surface area contributed by atoms with E-state index < -0.39 is 37.4 Å². The molecule has 0 spiro atoms. The molecule has 6 heteroatoms. The van der Waals surface area contributed by atoms with E-state index in [1.165, 1.54) is 0 Å². The van der Waals surface area contributed by atoms with Crippen molar-refractivity contribution in [3.8, 4) is 0 Å². The first-order valence-corrected chi connectivity index (χ1v) is 3.48. The zero-order chi connectivity index (χ0) is 9.30. The van der Waals surface area contributed by atoms with Crippen molar-refractivity contribution in [2.45, 2.75) is 30.8 Å². The molecule has 1 saturated heterocycles. The maximum atomic E-state index is 12.5. The first kappa shape index (κ1) is 9.79. The van der Waals surface area contributed by atoms with E-state index in [0.29, 0.717) is 0 Å². The van der Waals surface area contributed by atoms with Crippen LogP contribution >= 0.6 is 0 Å². The summed E-state index contributed by atoms with van der Waals surface area (Å²) >= 11 is 0.